The fourth-order valence-electron chi connectivity index (χ4n) is 2.44. The molecule has 0 saturated heterocycles. The second-order valence-corrected chi connectivity index (χ2v) is 7.78. The van der Waals surface area contributed by atoms with Crippen LogP contribution in [-0.4, -0.2) is 15.3 Å². The van der Waals surface area contributed by atoms with Crippen molar-refractivity contribution in [1.82, 2.24) is 9.55 Å². The summed E-state index contributed by atoms with van der Waals surface area (Å²) in [4.78, 5) is 16.8. The van der Waals surface area contributed by atoms with Gasteiger partial charge in [0.05, 0.1) is 6.33 Å². The maximum Gasteiger partial charge on any atom is 0.141 e. The van der Waals surface area contributed by atoms with Crippen LogP contribution in [0.4, 0.5) is 0 Å². The Bertz CT molecular complexity index is 432. The number of aryl methyl sites for hydroxylation is 1. The highest BCUT2D eigenvalue weighted by Crippen LogP contribution is 2.32. The van der Waals surface area contributed by atoms with E-state index in [1.165, 1.54) is 0 Å². The molecule has 0 aliphatic rings. The molecular formula is C16H28N2O. The molecule has 0 saturated carbocycles. The summed E-state index contributed by atoms with van der Waals surface area (Å²) in [6.07, 6.45) is 5.36. The third-order valence-corrected chi connectivity index (χ3v) is 3.34. The molecule has 1 atom stereocenters. The minimum Gasteiger partial charge on any atom is -0.338 e. The van der Waals surface area contributed by atoms with Crippen LogP contribution in [0.15, 0.2) is 12.5 Å². The topological polar surface area (TPSA) is 34.9 Å². The van der Waals surface area contributed by atoms with Gasteiger partial charge in [-0.15, -0.1) is 0 Å². The second-order valence-electron chi connectivity index (χ2n) is 7.78. The standard InChI is InChI=1S/C16H28N2O/c1-15(2,3)9-12(14(19)16(4,5)6)8-13-10-17-11-18(13)7/h10-12H,8-9H2,1-7H3/t12-/m1/s1. The first-order valence-electron chi connectivity index (χ1n) is 7.00. The number of aromatic nitrogens is 2. The highest BCUT2D eigenvalue weighted by molar-refractivity contribution is 5.86. The van der Waals surface area contributed by atoms with Gasteiger partial charge in [0.25, 0.3) is 0 Å². The zero-order valence-electron chi connectivity index (χ0n) is 13.4. The zero-order valence-corrected chi connectivity index (χ0v) is 13.4. The van der Waals surface area contributed by atoms with Gasteiger partial charge in [0.15, 0.2) is 0 Å². The molecule has 0 amide bonds. The first-order valence-corrected chi connectivity index (χ1v) is 7.00. The van der Waals surface area contributed by atoms with Crippen molar-refractivity contribution in [3.63, 3.8) is 0 Å². The van der Waals surface area contributed by atoms with E-state index in [2.05, 4.69) is 25.8 Å². The highest BCUT2D eigenvalue weighted by atomic mass is 16.1. The van der Waals surface area contributed by atoms with Gasteiger partial charge in [0, 0.05) is 30.3 Å². The van der Waals surface area contributed by atoms with Gasteiger partial charge >= 0.3 is 0 Å². The molecule has 1 aromatic rings. The maximum absolute atomic E-state index is 12.7. The molecule has 0 N–H and O–H groups in total. The molecule has 108 valence electrons. The Hall–Kier alpha value is -1.12. The fourth-order valence-corrected chi connectivity index (χ4v) is 2.44. The largest absolute Gasteiger partial charge is 0.338 e. The van der Waals surface area contributed by atoms with Crippen LogP contribution in [0.25, 0.3) is 0 Å². The molecule has 0 fully saturated rings. The molecule has 0 aliphatic heterocycles. The fraction of sp³-hybridized carbons (Fsp3) is 0.750. The summed E-state index contributed by atoms with van der Waals surface area (Å²) in [6.45, 7) is 12.6. The van der Waals surface area contributed by atoms with Crippen molar-refractivity contribution in [3.05, 3.63) is 18.2 Å². The lowest BCUT2D eigenvalue weighted by Gasteiger charge is -2.30. The average Bonchev–Trinajstić information content (AvgIpc) is 2.59. The van der Waals surface area contributed by atoms with E-state index >= 15 is 0 Å². The van der Waals surface area contributed by atoms with Crippen LogP contribution in [0, 0.1) is 16.7 Å². The molecule has 19 heavy (non-hydrogen) atoms. The van der Waals surface area contributed by atoms with Gasteiger partial charge in [-0.25, -0.2) is 4.98 Å². The van der Waals surface area contributed by atoms with Gasteiger partial charge in [-0.3, -0.25) is 4.79 Å². The van der Waals surface area contributed by atoms with Crippen LogP contribution in [0.3, 0.4) is 0 Å². The van der Waals surface area contributed by atoms with Crippen molar-refractivity contribution >= 4 is 5.78 Å². The van der Waals surface area contributed by atoms with E-state index in [-0.39, 0.29) is 16.7 Å². The normalized spacial score (nSPS) is 14.5. The van der Waals surface area contributed by atoms with Crippen molar-refractivity contribution in [2.45, 2.75) is 54.4 Å². The van der Waals surface area contributed by atoms with E-state index in [0.29, 0.717) is 5.78 Å². The predicted molar refractivity (Wildman–Crippen MR) is 78.9 cm³/mol. The Labute approximate surface area is 117 Å². The molecule has 0 spiro atoms. The quantitative estimate of drug-likeness (QED) is 0.832. The smallest absolute Gasteiger partial charge is 0.141 e. The number of imidazole rings is 1. The molecule has 3 heteroatoms. The van der Waals surface area contributed by atoms with Crippen molar-refractivity contribution in [2.24, 2.45) is 23.8 Å². The molecule has 0 bridgehead atoms. The van der Waals surface area contributed by atoms with E-state index in [0.717, 1.165) is 18.5 Å². The number of carbonyl (C=O) groups excluding carboxylic acids is 1. The van der Waals surface area contributed by atoms with Gasteiger partial charge in [-0.1, -0.05) is 41.5 Å². The van der Waals surface area contributed by atoms with Gasteiger partial charge in [0.2, 0.25) is 0 Å². The van der Waals surface area contributed by atoms with Crippen LogP contribution in [0.1, 0.15) is 53.7 Å². The Balaban J connectivity index is 2.93. The number of carbonyl (C=O) groups is 1. The Kier molecular flexibility index (Phi) is 4.59. The lowest BCUT2D eigenvalue weighted by molar-refractivity contribution is -0.131. The highest BCUT2D eigenvalue weighted by Gasteiger charge is 2.32. The minimum atomic E-state index is -0.283. The van der Waals surface area contributed by atoms with Gasteiger partial charge in [-0.2, -0.15) is 0 Å². The predicted octanol–water partition coefficient (Wildman–Crippen LogP) is 3.63. The number of nitrogens with zero attached hydrogens (tertiary/aromatic N) is 2. The molecular weight excluding hydrogens is 236 g/mol. The van der Waals surface area contributed by atoms with Crippen LogP contribution < -0.4 is 0 Å². The van der Waals surface area contributed by atoms with E-state index in [1.807, 2.05) is 38.6 Å². The Morgan fingerprint density at radius 3 is 2.21 bits per heavy atom. The molecule has 3 nitrogen and oxygen atoms in total. The van der Waals surface area contributed by atoms with Crippen molar-refractivity contribution in [2.75, 3.05) is 0 Å². The molecule has 0 radical (unpaired) electrons. The molecule has 1 aromatic heterocycles. The average molecular weight is 264 g/mol. The monoisotopic (exact) mass is 264 g/mol. The summed E-state index contributed by atoms with van der Waals surface area (Å²) in [5.41, 5.74) is 1.01. The van der Waals surface area contributed by atoms with Crippen molar-refractivity contribution in [3.8, 4) is 0 Å². The first-order chi connectivity index (χ1) is 8.50. The summed E-state index contributed by atoms with van der Waals surface area (Å²) < 4.78 is 2.01. The summed E-state index contributed by atoms with van der Waals surface area (Å²) in [6, 6.07) is 0. The first kappa shape index (κ1) is 15.9. The molecule has 0 unspecified atom stereocenters. The van der Waals surface area contributed by atoms with E-state index in [1.54, 1.807) is 6.33 Å². The van der Waals surface area contributed by atoms with Crippen molar-refractivity contribution < 1.29 is 4.79 Å². The zero-order chi connectivity index (χ0) is 14.8. The number of rotatable bonds is 4. The van der Waals surface area contributed by atoms with Crippen LogP contribution in [0.5, 0.6) is 0 Å². The second kappa shape index (κ2) is 5.48. The molecule has 0 aliphatic carbocycles. The summed E-state index contributed by atoms with van der Waals surface area (Å²) in [5, 5.41) is 0. The number of hydrogen-bond donors (Lipinski definition) is 0. The van der Waals surface area contributed by atoms with Gasteiger partial charge < -0.3 is 4.57 Å². The molecule has 1 heterocycles. The van der Waals surface area contributed by atoms with Crippen LogP contribution in [0.2, 0.25) is 0 Å². The Morgan fingerprint density at radius 2 is 1.84 bits per heavy atom. The number of ketones is 1. The lowest BCUT2D eigenvalue weighted by atomic mass is 9.74. The summed E-state index contributed by atoms with van der Waals surface area (Å²) >= 11 is 0. The van der Waals surface area contributed by atoms with Gasteiger partial charge in [0.1, 0.15) is 5.78 Å². The van der Waals surface area contributed by atoms with Crippen LogP contribution in [-0.2, 0) is 18.3 Å². The van der Waals surface area contributed by atoms with E-state index in [4.69, 9.17) is 0 Å². The third kappa shape index (κ3) is 4.81. The third-order valence-electron chi connectivity index (χ3n) is 3.34. The SMILES string of the molecule is Cn1cncc1C[C@H](CC(C)(C)C)C(=O)C(C)(C)C. The summed E-state index contributed by atoms with van der Waals surface area (Å²) in [7, 11) is 1.98. The molecule has 1 rings (SSSR count). The minimum absolute atomic E-state index is 0.0652. The Morgan fingerprint density at radius 1 is 1.26 bits per heavy atom. The molecule has 0 aromatic carbocycles. The summed E-state index contributed by atoms with van der Waals surface area (Å²) in [5.74, 6) is 0.416. The maximum atomic E-state index is 12.7. The number of hydrogen-bond acceptors (Lipinski definition) is 2. The van der Waals surface area contributed by atoms with Gasteiger partial charge in [-0.05, 0) is 18.3 Å². The van der Waals surface area contributed by atoms with Crippen molar-refractivity contribution in [1.29, 1.82) is 0 Å². The lowest BCUT2D eigenvalue weighted by Crippen LogP contribution is -2.32. The van der Waals surface area contributed by atoms with Crippen LogP contribution >= 0.6 is 0 Å². The number of Topliss-reactive ketones (excluding diaryl/α,β-unsaturated/α-hetero) is 1. The van der Waals surface area contributed by atoms with E-state index < -0.39 is 0 Å². The van der Waals surface area contributed by atoms with E-state index in [9.17, 15) is 4.79 Å².